The van der Waals surface area contributed by atoms with Crippen LogP contribution in [0.3, 0.4) is 0 Å². The number of primary amides is 3. The van der Waals surface area contributed by atoms with Crippen molar-refractivity contribution in [1.29, 1.82) is 0 Å². The molecule has 0 saturated heterocycles. The normalized spacial score (nSPS) is 14.2. The standard InChI is InChI=1S/C20H35N7O8/c1-9(2)7-13(20(34)35)27-19(33)12(4-6-15(23)29)26-18(32)11(3-5-14(22)28)25-17(31)10(21)8-16(24)30/h9-13H,3-8,21H2,1-2H3,(H2,22,28)(H2,23,29)(H2,24,30)(H,25,31)(H,26,32)(H,27,33)(H,34,35). The van der Waals surface area contributed by atoms with Crippen LogP contribution in [0, 0.1) is 5.92 Å². The minimum Gasteiger partial charge on any atom is -0.480 e. The van der Waals surface area contributed by atoms with Crippen molar-refractivity contribution in [3.63, 3.8) is 0 Å². The minimum atomic E-state index is -1.40. The van der Waals surface area contributed by atoms with Crippen molar-refractivity contribution in [2.45, 2.75) is 76.5 Å². The molecule has 15 nitrogen and oxygen atoms in total. The molecule has 0 aliphatic carbocycles. The SMILES string of the molecule is CC(C)CC(NC(=O)C(CCC(N)=O)NC(=O)C(CCC(N)=O)NC(=O)C(N)CC(N)=O)C(=O)O. The predicted octanol–water partition coefficient (Wildman–Crippen LogP) is -3.69. The predicted molar refractivity (Wildman–Crippen MR) is 122 cm³/mol. The lowest BCUT2D eigenvalue weighted by Gasteiger charge is -2.25. The number of hydrogen-bond acceptors (Lipinski definition) is 8. The van der Waals surface area contributed by atoms with Gasteiger partial charge in [0.05, 0.1) is 12.5 Å². The summed E-state index contributed by atoms with van der Waals surface area (Å²) in [5.41, 5.74) is 20.8. The zero-order valence-electron chi connectivity index (χ0n) is 19.7. The first-order chi connectivity index (χ1) is 16.1. The summed E-state index contributed by atoms with van der Waals surface area (Å²) in [5, 5.41) is 16.3. The second-order valence-corrected chi connectivity index (χ2v) is 8.44. The van der Waals surface area contributed by atoms with Gasteiger partial charge in [-0.2, -0.15) is 0 Å². The second-order valence-electron chi connectivity index (χ2n) is 8.44. The molecule has 4 unspecified atom stereocenters. The maximum atomic E-state index is 12.9. The van der Waals surface area contributed by atoms with E-state index in [0.717, 1.165) is 0 Å². The van der Waals surface area contributed by atoms with Crippen molar-refractivity contribution in [3.8, 4) is 0 Å². The lowest BCUT2D eigenvalue weighted by atomic mass is 10.0. The second kappa shape index (κ2) is 15.2. The summed E-state index contributed by atoms with van der Waals surface area (Å²) >= 11 is 0. The van der Waals surface area contributed by atoms with Crippen LogP contribution >= 0.6 is 0 Å². The fourth-order valence-corrected chi connectivity index (χ4v) is 2.94. The Morgan fingerprint density at radius 2 is 1.09 bits per heavy atom. The van der Waals surface area contributed by atoms with Crippen LogP contribution in [0.1, 0.15) is 52.4 Å². The van der Waals surface area contributed by atoms with E-state index in [9.17, 15) is 38.7 Å². The average molecular weight is 502 g/mol. The summed E-state index contributed by atoms with van der Waals surface area (Å²) in [4.78, 5) is 82.8. The fraction of sp³-hybridized carbons (Fsp3) is 0.650. The molecule has 198 valence electrons. The molecule has 0 aliphatic rings. The van der Waals surface area contributed by atoms with Gasteiger partial charge in [0.1, 0.15) is 18.1 Å². The molecule has 0 aliphatic heterocycles. The number of carboxylic acid groups (broad SMARTS) is 1. The van der Waals surface area contributed by atoms with E-state index in [1.807, 2.05) is 0 Å². The highest BCUT2D eigenvalue weighted by atomic mass is 16.4. The largest absolute Gasteiger partial charge is 0.480 e. The van der Waals surface area contributed by atoms with Crippen LogP contribution in [0.5, 0.6) is 0 Å². The van der Waals surface area contributed by atoms with Crippen LogP contribution in [-0.4, -0.2) is 70.7 Å². The Balaban J connectivity index is 5.65. The zero-order chi connectivity index (χ0) is 27.3. The Morgan fingerprint density at radius 1 is 0.686 bits per heavy atom. The zero-order valence-corrected chi connectivity index (χ0v) is 19.7. The van der Waals surface area contributed by atoms with Gasteiger partial charge in [0.15, 0.2) is 0 Å². The average Bonchev–Trinajstić information content (AvgIpc) is 2.71. The van der Waals surface area contributed by atoms with E-state index in [-0.39, 0.29) is 38.0 Å². The molecule has 0 radical (unpaired) electrons. The maximum Gasteiger partial charge on any atom is 0.326 e. The Bertz CT molecular complexity index is 817. The Hall–Kier alpha value is -3.75. The van der Waals surface area contributed by atoms with E-state index in [4.69, 9.17) is 22.9 Å². The summed E-state index contributed by atoms with van der Waals surface area (Å²) < 4.78 is 0. The highest BCUT2D eigenvalue weighted by Crippen LogP contribution is 2.08. The van der Waals surface area contributed by atoms with Gasteiger partial charge in [0.2, 0.25) is 35.4 Å². The Morgan fingerprint density at radius 3 is 1.43 bits per heavy atom. The molecule has 4 atom stereocenters. The maximum absolute atomic E-state index is 12.9. The summed E-state index contributed by atoms with van der Waals surface area (Å²) in [6.45, 7) is 3.51. The topological polar surface area (TPSA) is 280 Å². The molecule has 0 heterocycles. The van der Waals surface area contributed by atoms with Crippen molar-refractivity contribution in [2.75, 3.05) is 0 Å². The van der Waals surface area contributed by atoms with E-state index in [0.29, 0.717) is 0 Å². The van der Waals surface area contributed by atoms with Crippen LogP contribution in [0.25, 0.3) is 0 Å². The van der Waals surface area contributed by atoms with Crippen LogP contribution < -0.4 is 38.9 Å². The monoisotopic (exact) mass is 501 g/mol. The molecule has 0 spiro atoms. The molecule has 35 heavy (non-hydrogen) atoms. The molecule has 0 aromatic carbocycles. The molecule has 15 heteroatoms. The first kappa shape index (κ1) is 31.2. The number of amides is 6. The number of rotatable bonds is 17. The minimum absolute atomic E-state index is 0.0759. The van der Waals surface area contributed by atoms with E-state index in [2.05, 4.69) is 16.0 Å². The van der Waals surface area contributed by atoms with Gasteiger partial charge < -0.3 is 44.0 Å². The van der Waals surface area contributed by atoms with Crippen molar-refractivity contribution < 1.29 is 38.7 Å². The molecule has 0 rings (SSSR count). The molecule has 0 aromatic heterocycles. The van der Waals surface area contributed by atoms with Crippen molar-refractivity contribution >= 4 is 41.4 Å². The summed E-state index contributed by atoms with van der Waals surface area (Å²) in [6.07, 6.45) is -1.58. The van der Waals surface area contributed by atoms with Gasteiger partial charge in [-0.1, -0.05) is 13.8 Å². The third-order valence-electron chi connectivity index (χ3n) is 4.70. The number of carboxylic acids is 1. The van der Waals surface area contributed by atoms with Gasteiger partial charge in [-0.25, -0.2) is 4.79 Å². The Kier molecular flexibility index (Phi) is 13.6. The number of aliphatic carboxylic acids is 1. The molecule has 0 bridgehead atoms. The van der Waals surface area contributed by atoms with E-state index in [1.165, 1.54) is 0 Å². The highest BCUT2D eigenvalue weighted by Gasteiger charge is 2.31. The summed E-state index contributed by atoms with van der Waals surface area (Å²) in [6, 6.07) is -5.43. The molecule has 0 saturated carbocycles. The van der Waals surface area contributed by atoms with Crippen LogP contribution in [0.2, 0.25) is 0 Å². The first-order valence-electron chi connectivity index (χ1n) is 10.9. The summed E-state index contributed by atoms with van der Waals surface area (Å²) in [7, 11) is 0. The van der Waals surface area contributed by atoms with E-state index >= 15 is 0 Å². The third kappa shape index (κ3) is 13.5. The number of nitrogens with one attached hydrogen (secondary N) is 3. The smallest absolute Gasteiger partial charge is 0.326 e. The van der Waals surface area contributed by atoms with Gasteiger partial charge in [-0.15, -0.1) is 0 Å². The highest BCUT2D eigenvalue weighted by molar-refractivity contribution is 5.95. The number of hydrogen-bond donors (Lipinski definition) is 8. The van der Waals surface area contributed by atoms with Crippen molar-refractivity contribution in [1.82, 2.24) is 16.0 Å². The van der Waals surface area contributed by atoms with Crippen LogP contribution in [-0.2, 0) is 33.6 Å². The first-order valence-corrected chi connectivity index (χ1v) is 10.9. The lowest BCUT2D eigenvalue weighted by Crippen LogP contribution is -2.57. The summed E-state index contributed by atoms with van der Waals surface area (Å²) in [5.74, 6) is -6.53. The Labute approximate surface area is 202 Å². The number of carbonyl (C=O) groups is 7. The van der Waals surface area contributed by atoms with Gasteiger partial charge in [-0.05, 0) is 25.2 Å². The van der Waals surface area contributed by atoms with Crippen molar-refractivity contribution in [3.05, 3.63) is 0 Å². The van der Waals surface area contributed by atoms with Gasteiger partial charge in [0.25, 0.3) is 0 Å². The van der Waals surface area contributed by atoms with E-state index in [1.54, 1.807) is 13.8 Å². The van der Waals surface area contributed by atoms with Gasteiger partial charge >= 0.3 is 5.97 Å². The van der Waals surface area contributed by atoms with E-state index < -0.39 is 72.0 Å². The molecule has 12 N–H and O–H groups in total. The molecular weight excluding hydrogens is 466 g/mol. The molecule has 0 aromatic rings. The fourth-order valence-electron chi connectivity index (χ4n) is 2.94. The van der Waals surface area contributed by atoms with Crippen LogP contribution in [0.4, 0.5) is 0 Å². The molecular formula is C20H35N7O8. The third-order valence-corrected chi connectivity index (χ3v) is 4.70. The number of carbonyl (C=O) groups excluding carboxylic acids is 6. The molecule has 0 fully saturated rings. The number of nitrogens with two attached hydrogens (primary N) is 4. The quantitative estimate of drug-likeness (QED) is 0.0971. The van der Waals surface area contributed by atoms with Crippen LogP contribution in [0.15, 0.2) is 0 Å². The lowest BCUT2D eigenvalue weighted by molar-refractivity contribution is -0.143. The van der Waals surface area contributed by atoms with Crippen molar-refractivity contribution in [2.24, 2.45) is 28.9 Å². The molecule has 6 amide bonds. The van der Waals surface area contributed by atoms with Gasteiger partial charge in [-0.3, -0.25) is 28.8 Å². The van der Waals surface area contributed by atoms with Gasteiger partial charge in [0, 0.05) is 12.8 Å².